The van der Waals surface area contributed by atoms with Crippen molar-refractivity contribution in [3.63, 3.8) is 0 Å². The number of pyridine rings is 1. The molecule has 0 aromatic carbocycles. The van der Waals surface area contributed by atoms with Crippen molar-refractivity contribution in [1.82, 2.24) is 9.71 Å². The van der Waals surface area contributed by atoms with Gasteiger partial charge in [0.15, 0.2) is 5.82 Å². The first-order valence-electron chi connectivity index (χ1n) is 4.65. The molecule has 0 spiro atoms. The minimum atomic E-state index is -1.13. The van der Waals surface area contributed by atoms with Crippen LogP contribution in [0.3, 0.4) is 0 Å². The number of halogens is 1. The number of aliphatic imine (C=N–C) groups is 1. The largest absolute Gasteiger partial charge is 0.302 e. The zero-order valence-corrected chi connectivity index (χ0v) is 11.1. The molecule has 1 N–H and O–H groups in total. The second-order valence-electron chi connectivity index (χ2n) is 3.44. The monoisotopic (exact) mass is 275 g/mol. The lowest BCUT2D eigenvalue weighted by Gasteiger charge is -2.16. The van der Waals surface area contributed by atoms with Crippen LogP contribution in [-0.2, 0) is 10.8 Å². The average Bonchev–Trinajstić information content (AvgIpc) is 2.27. The van der Waals surface area contributed by atoms with E-state index in [1.165, 1.54) is 18.1 Å². The highest BCUT2D eigenvalue weighted by molar-refractivity contribution is 8.05. The van der Waals surface area contributed by atoms with Crippen LogP contribution in [0.1, 0.15) is 13.8 Å². The molecule has 0 saturated heterocycles. The van der Waals surface area contributed by atoms with Gasteiger partial charge in [0, 0.05) is 11.4 Å². The van der Waals surface area contributed by atoms with Gasteiger partial charge in [-0.3, -0.25) is 4.21 Å². The summed E-state index contributed by atoms with van der Waals surface area (Å²) in [5.41, 5.74) is 0. The van der Waals surface area contributed by atoms with E-state index in [-0.39, 0.29) is 5.25 Å². The second-order valence-corrected chi connectivity index (χ2v) is 6.65. The Morgan fingerprint density at radius 2 is 2.31 bits per heavy atom. The Balaban J connectivity index is 2.35. The molecule has 7 heteroatoms. The maximum atomic E-state index is 11.8. The van der Waals surface area contributed by atoms with E-state index in [1.807, 2.05) is 13.8 Å². The van der Waals surface area contributed by atoms with Crippen molar-refractivity contribution in [3.05, 3.63) is 17.3 Å². The molecule has 0 fully saturated rings. The standard InChI is InChI=1S/C9H10ClN3OS2/c1-5(2)16(14)9-12-8-7(15-13-9)3-6(10)4-11-8/h3-5H,1-2H3,(H,11,12,13). The van der Waals surface area contributed by atoms with E-state index < -0.39 is 10.8 Å². The molecule has 86 valence electrons. The number of nitrogens with zero attached hydrogens (tertiary/aromatic N) is 2. The van der Waals surface area contributed by atoms with Crippen molar-refractivity contribution in [3.8, 4) is 0 Å². The Morgan fingerprint density at radius 1 is 1.56 bits per heavy atom. The van der Waals surface area contributed by atoms with Gasteiger partial charge in [-0.05, 0) is 18.0 Å². The summed E-state index contributed by atoms with van der Waals surface area (Å²) in [5.74, 6) is 0.567. The molecular weight excluding hydrogens is 266 g/mol. The van der Waals surface area contributed by atoms with Gasteiger partial charge in [-0.2, -0.15) is 0 Å². The third-order valence-corrected chi connectivity index (χ3v) is 4.46. The minimum Gasteiger partial charge on any atom is -0.302 e. The molecule has 16 heavy (non-hydrogen) atoms. The first-order valence-corrected chi connectivity index (χ1v) is 7.06. The molecule has 2 rings (SSSR count). The van der Waals surface area contributed by atoms with Crippen molar-refractivity contribution >= 4 is 45.3 Å². The SMILES string of the molecule is CC(C)S(=O)C1=Nc2ncc(Cl)cc2SN1. The number of hydrogen-bond donors (Lipinski definition) is 1. The number of aromatic nitrogens is 1. The zero-order valence-electron chi connectivity index (χ0n) is 8.73. The van der Waals surface area contributed by atoms with Crippen LogP contribution in [0.25, 0.3) is 0 Å². The van der Waals surface area contributed by atoms with Gasteiger partial charge >= 0.3 is 0 Å². The highest BCUT2D eigenvalue weighted by Gasteiger charge is 2.20. The summed E-state index contributed by atoms with van der Waals surface area (Å²) in [6.45, 7) is 3.77. The van der Waals surface area contributed by atoms with Gasteiger partial charge in [0.1, 0.15) is 0 Å². The van der Waals surface area contributed by atoms with Gasteiger partial charge in [0.2, 0.25) is 5.17 Å². The summed E-state index contributed by atoms with van der Waals surface area (Å²) >= 11 is 7.15. The molecule has 1 aliphatic heterocycles. The van der Waals surface area contributed by atoms with Gasteiger partial charge in [-0.1, -0.05) is 25.4 Å². The fourth-order valence-corrected chi connectivity index (χ4v) is 3.02. The number of amidine groups is 1. The molecule has 1 atom stereocenters. The van der Waals surface area contributed by atoms with Crippen molar-refractivity contribution in [2.24, 2.45) is 4.99 Å². The predicted molar refractivity (Wildman–Crippen MR) is 68.6 cm³/mol. The van der Waals surface area contributed by atoms with Crippen LogP contribution in [0.2, 0.25) is 5.02 Å². The van der Waals surface area contributed by atoms with Crippen LogP contribution < -0.4 is 4.72 Å². The lowest BCUT2D eigenvalue weighted by atomic mass is 10.4. The fourth-order valence-electron chi connectivity index (χ4n) is 1.10. The first-order chi connectivity index (χ1) is 7.58. The molecule has 0 aliphatic carbocycles. The maximum Gasteiger partial charge on any atom is 0.204 e. The van der Waals surface area contributed by atoms with Crippen LogP contribution in [0.4, 0.5) is 5.82 Å². The summed E-state index contributed by atoms with van der Waals surface area (Å²) in [5, 5.41) is 1.06. The lowest BCUT2D eigenvalue weighted by Crippen LogP contribution is -2.28. The topological polar surface area (TPSA) is 54.4 Å². The average molecular weight is 276 g/mol. The van der Waals surface area contributed by atoms with E-state index in [0.29, 0.717) is 16.0 Å². The fraction of sp³-hybridized carbons (Fsp3) is 0.333. The molecule has 0 amide bonds. The number of fused-ring (bicyclic) bond motifs is 1. The van der Waals surface area contributed by atoms with Gasteiger partial charge < -0.3 is 4.72 Å². The Kier molecular flexibility index (Phi) is 3.51. The summed E-state index contributed by atoms with van der Waals surface area (Å²) in [7, 11) is -1.13. The van der Waals surface area contributed by atoms with Crippen molar-refractivity contribution < 1.29 is 4.21 Å². The second kappa shape index (κ2) is 4.73. The highest BCUT2D eigenvalue weighted by Crippen LogP contribution is 2.31. The van der Waals surface area contributed by atoms with E-state index in [4.69, 9.17) is 11.6 Å². The summed E-state index contributed by atoms with van der Waals surface area (Å²) < 4.78 is 14.8. The third-order valence-electron chi connectivity index (χ3n) is 1.87. The van der Waals surface area contributed by atoms with E-state index in [9.17, 15) is 4.21 Å². The van der Waals surface area contributed by atoms with Gasteiger partial charge in [-0.25, -0.2) is 9.98 Å². The maximum absolute atomic E-state index is 11.8. The molecule has 2 heterocycles. The quantitative estimate of drug-likeness (QED) is 0.800. The van der Waals surface area contributed by atoms with E-state index in [1.54, 1.807) is 6.07 Å². The van der Waals surface area contributed by atoms with Crippen molar-refractivity contribution in [2.45, 2.75) is 24.0 Å². The van der Waals surface area contributed by atoms with Crippen LogP contribution in [-0.4, -0.2) is 19.6 Å². The number of hydrogen-bond acceptors (Lipinski definition) is 5. The van der Waals surface area contributed by atoms with Crippen LogP contribution >= 0.6 is 23.5 Å². The first kappa shape index (κ1) is 11.9. The van der Waals surface area contributed by atoms with Crippen molar-refractivity contribution in [2.75, 3.05) is 0 Å². The summed E-state index contributed by atoms with van der Waals surface area (Å²) in [4.78, 5) is 9.16. The Labute approximate surface area is 105 Å². The lowest BCUT2D eigenvalue weighted by molar-refractivity contribution is 0.683. The molecule has 0 saturated carbocycles. The van der Waals surface area contributed by atoms with Gasteiger partial charge in [0.25, 0.3) is 0 Å². The Morgan fingerprint density at radius 3 is 3.00 bits per heavy atom. The number of nitrogens with one attached hydrogen (secondary N) is 1. The van der Waals surface area contributed by atoms with Crippen molar-refractivity contribution in [1.29, 1.82) is 0 Å². The van der Waals surface area contributed by atoms with Crippen LogP contribution in [0, 0.1) is 0 Å². The molecular formula is C9H10ClN3OS2. The smallest absolute Gasteiger partial charge is 0.204 e. The number of rotatable bonds is 1. The predicted octanol–water partition coefficient (Wildman–Crippen LogP) is 2.49. The minimum absolute atomic E-state index is 0.0284. The summed E-state index contributed by atoms with van der Waals surface area (Å²) in [6.07, 6.45) is 1.53. The molecule has 1 aromatic rings. The molecule has 0 radical (unpaired) electrons. The molecule has 0 bridgehead atoms. The molecule has 4 nitrogen and oxygen atoms in total. The third kappa shape index (κ3) is 2.39. The van der Waals surface area contributed by atoms with Crippen LogP contribution in [0.15, 0.2) is 22.2 Å². The Hall–Kier alpha value is -0.590. The molecule has 1 aliphatic rings. The van der Waals surface area contributed by atoms with E-state index in [2.05, 4.69) is 14.7 Å². The van der Waals surface area contributed by atoms with Gasteiger partial charge in [-0.15, -0.1) is 0 Å². The van der Waals surface area contributed by atoms with Gasteiger partial charge in [0.05, 0.1) is 20.7 Å². The Bertz CT molecular complexity index is 476. The molecule has 1 unspecified atom stereocenters. The van der Waals surface area contributed by atoms with E-state index in [0.717, 1.165) is 4.90 Å². The normalized spacial score (nSPS) is 16.4. The highest BCUT2D eigenvalue weighted by atomic mass is 35.5. The van der Waals surface area contributed by atoms with Crippen LogP contribution in [0.5, 0.6) is 0 Å². The van der Waals surface area contributed by atoms with E-state index >= 15 is 0 Å². The summed E-state index contributed by atoms with van der Waals surface area (Å²) in [6, 6.07) is 1.78. The zero-order chi connectivity index (χ0) is 11.7. The molecule has 1 aromatic heterocycles.